The highest BCUT2D eigenvalue weighted by atomic mass is 16.2. The molecule has 0 saturated carbocycles. The third-order valence-electron chi connectivity index (χ3n) is 2.87. The van der Waals surface area contributed by atoms with Gasteiger partial charge in [-0.05, 0) is 13.3 Å². The zero-order valence-electron chi connectivity index (χ0n) is 10.3. The molecule has 1 aliphatic heterocycles. The predicted molar refractivity (Wildman–Crippen MR) is 66.1 cm³/mol. The maximum Gasteiger partial charge on any atom is 0.249 e. The van der Waals surface area contributed by atoms with Crippen molar-refractivity contribution in [2.75, 3.05) is 17.7 Å². The zero-order chi connectivity index (χ0) is 13.1. The van der Waals surface area contributed by atoms with E-state index in [0.29, 0.717) is 24.5 Å². The molecule has 2 rings (SSSR count). The van der Waals surface area contributed by atoms with Gasteiger partial charge in [0.25, 0.3) is 0 Å². The van der Waals surface area contributed by atoms with Gasteiger partial charge in [-0.2, -0.15) is 0 Å². The lowest BCUT2D eigenvalue weighted by molar-refractivity contribution is -0.133. The average Bonchev–Trinajstić information content (AvgIpc) is 2.35. The van der Waals surface area contributed by atoms with Crippen LogP contribution < -0.4 is 16.0 Å². The summed E-state index contributed by atoms with van der Waals surface area (Å²) in [5.74, 6) is 0.771. The average molecular weight is 249 g/mol. The summed E-state index contributed by atoms with van der Waals surface area (Å²) < 4.78 is 0. The normalized spacial score (nSPS) is 19.3. The molecule has 3 N–H and O–H groups in total. The van der Waals surface area contributed by atoms with Crippen molar-refractivity contribution in [1.29, 1.82) is 0 Å². The first-order valence-corrected chi connectivity index (χ1v) is 5.71. The van der Waals surface area contributed by atoms with Crippen LogP contribution in [0.4, 0.5) is 11.6 Å². The molecule has 0 bridgehead atoms. The van der Waals surface area contributed by atoms with Crippen LogP contribution in [-0.2, 0) is 9.59 Å². The molecule has 0 spiro atoms. The second-order valence-electron chi connectivity index (χ2n) is 4.09. The Bertz CT molecular complexity index is 488. The second kappa shape index (κ2) is 4.99. The number of carbonyl (C=O) groups excluding carboxylic acids is 2. The zero-order valence-corrected chi connectivity index (χ0v) is 10.3. The van der Waals surface area contributed by atoms with Crippen LogP contribution in [0.25, 0.3) is 0 Å². The fraction of sp³-hybridized carbons (Fsp3) is 0.455. The topological polar surface area (TPSA) is 96.0 Å². The molecule has 2 heterocycles. The third-order valence-corrected chi connectivity index (χ3v) is 2.87. The molecule has 96 valence electrons. The Kier molecular flexibility index (Phi) is 3.40. The van der Waals surface area contributed by atoms with E-state index in [1.54, 1.807) is 7.05 Å². The maximum absolute atomic E-state index is 11.6. The van der Waals surface area contributed by atoms with Crippen molar-refractivity contribution < 1.29 is 9.59 Å². The Morgan fingerprint density at radius 3 is 2.72 bits per heavy atom. The largest absolute Gasteiger partial charge is 0.373 e. The van der Waals surface area contributed by atoms with Gasteiger partial charge in [-0.25, -0.2) is 9.97 Å². The molecular formula is C11H15N5O2. The molecule has 1 fully saturated rings. The first-order valence-electron chi connectivity index (χ1n) is 5.71. The smallest absolute Gasteiger partial charge is 0.249 e. The number of nitrogens with one attached hydrogen (secondary N) is 3. The summed E-state index contributed by atoms with van der Waals surface area (Å²) in [5, 5.41) is 8.28. The van der Waals surface area contributed by atoms with E-state index in [0.717, 1.165) is 5.56 Å². The van der Waals surface area contributed by atoms with Gasteiger partial charge in [0.2, 0.25) is 11.8 Å². The van der Waals surface area contributed by atoms with Crippen LogP contribution in [0.3, 0.4) is 0 Å². The van der Waals surface area contributed by atoms with E-state index in [-0.39, 0.29) is 11.8 Å². The van der Waals surface area contributed by atoms with E-state index in [2.05, 4.69) is 25.9 Å². The van der Waals surface area contributed by atoms with E-state index in [1.165, 1.54) is 6.33 Å². The van der Waals surface area contributed by atoms with Gasteiger partial charge < -0.3 is 10.6 Å². The first-order chi connectivity index (χ1) is 8.61. The van der Waals surface area contributed by atoms with Crippen molar-refractivity contribution in [2.24, 2.45) is 0 Å². The number of imide groups is 1. The summed E-state index contributed by atoms with van der Waals surface area (Å²) in [6.45, 7) is 1.86. The van der Waals surface area contributed by atoms with Gasteiger partial charge in [0.05, 0.1) is 0 Å². The van der Waals surface area contributed by atoms with Crippen molar-refractivity contribution in [3.05, 3.63) is 11.9 Å². The van der Waals surface area contributed by atoms with Crippen molar-refractivity contribution in [3.63, 3.8) is 0 Å². The van der Waals surface area contributed by atoms with Gasteiger partial charge in [0.1, 0.15) is 24.0 Å². The fourth-order valence-electron chi connectivity index (χ4n) is 1.84. The third kappa shape index (κ3) is 2.39. The molecule has 1 aromatic rings. The quantitative estimate of drug-likeness (QED) is 0.655. The maximum atomic E-state index is 11.6. The summed E-state index contributed by atoms with van der Waals surface area (Å²) in [5.41, 5.74) is 0.838. The summed E-state index contributed by atoms with van der Waals surface area (Å²) in [6, 6.07) is -0.430. The summed E-state index contributed by atoms with van der Waals surface area (Å²) in [4.78, 5) is 30.8. The number of hydrogen-bond donors (Lipinski definition) is 3. The summed E-state index contributed by atoms with van der Waals surface area (Å²) in [7, 11) is 1.77. The van der Waals surface area contributed by atoms with Gasteiger partial charge in [0, 0.05) is 19.0 Å². The molecule has 0 aromatic carbocycles. The van der Waals surface area contributed by atoms with E-state index in [9.17, 15) is 9.59 Å². The Morgan fingerprint density at radius 2 is 2.06 bits per heavy atom. The molecule has 1 unspecified atom stereocenters. The predicted octanol–water partition coefficient (Wildman–Crippen LogP) is 0.0438. The highest BCUT2D eigenvalue weighted by molar-refractivity contribution is 6.01. The van der Waals surface area contributed by atoms with Crippen LogP contribution in [0.2, 0.25) is 0 Å². The molecule has 1 aromatic heterocycles. The number of hydrogen-bond acceptors (Lipinski definition) is 6. The van der Waals surface area contributed by atoms with E-state index < -0.39 is 6.04 Å². The molecule has 1 aliphatic rings. The lowest BCUT2D eigenvalue weighted by atomic mass is 10.1. The number of amides is 2. The van der Waals surface area contributed by atoms with Crippen LogP contribution in [-0.4, -0.2) is 34.9 Å². The molecule has 2 amide bonds. The van der Waals surface area contributed by atoms with Crippen molar-refractivity contribution in [3.8, 4) is 0 Å². The first kappa shape index (κ1) is 12.3. The Morgan fingerprint density at radius 1 is 1.33 bits per heavy atom. The molecule has 7 heteroatoms. The Balaban J connectivity index is 2.14. The molecule has 1 saturated heterocycles. The van der Waals surface area contributed by atoms with Crippen molar-refractivity contribution in [2.45, 2.75) is 25.8 Å². The highest BCUT2D eigenvalue weighted by Gasteiger charge is 2.27. The minimum absolute atomic E-state index is 0.228. The van der Waals surface area contributed by atoms with Gasteiger partial charge in [-0.1, -0.05) is 0 Å². The number of aromatic nitrogens is 2. The fourth-order valence-corrected chi connectivity index (χ4v) is 1.84. The second-order valence-corrected chi connectivity index (χ2v) is 4.09. The standard InChI is InChI=1S/C11H15N5O2/c1-6-9(12-2)13-5-14-10(6)15-7-3-4-8(17)16-11(7)18/h5,7H,3-4H2,1-2H3,(H,16,17,18)(H2,12,13,14,15). The van der Waals surface area contributed by atoms with Gasteiger partial charge in [0.15, 0.2) is 0 Å². The lowest BCUT2D eigenvalue weighted by Crippen LogP contribution is -2.47. The summed E-state index contributed by atoms with van der Waals surface area (Å²) >= 11 is 0. The van der Waals surface area contributed by atoms with Crippen LogP contribution in [0.1, 0.15) is 18.4 Å². The lowest BCUT2D eigenvalue weighted by Gasteiger charge is -2.23. The molecular weight excluding hydrogens is 234 g/mol. The van der Waals surface area contributed by atoms with Gasteiger partial charge in [-0.15, -0.1) is 0 Å². The van der Waals surface area contributed by atoms with E-state index >= 15 is 0 Å². The van der Waals surface area contributed by atoms with Crippen molar-refractivity contribution in [1.82, 2.24) is 15.3 Å². The van der Waals surface area contributed by atoms with Crippen LogP contribution in [0.5, 0.6) is 0 Å². The van der Waals surface area contributed by atoms with Gasteiger partial charge in [-0.3, -0.25) is 14.9 Å². The molecule has 7 nitrogen and oxygen atoms in total. The minimum Gasteiger partial charge on any atom is -0.373 e. The highest BCUT2D eigenvalue weighted by Crippen LogP contribution is 2.20. The molecule has 0 aliphatic carbocycles. The molecule has 18 heavy (non-hydrogen) atoms. The van der Waals surface area contributed by atoms with Crippen LogP contribution in [0.15, 0.2) is 6.33 Å². The number of anilines is 2. The van der Waals surface area contributed by atoms with E-state index in [4.69, 9.17) is 0 Å². The minimum atomic E-state index is -0.430. The Labute approximate surface area is 104 Å². The Hall–Kier alpha value is -2.18. The van der Waals surface area contributed by atoms with Gasteiger partial charge >= 0.3 is 0 Å². The molecule has 1 atom stereocenters. The number of carbonyl (C=O) groups is 2. The summed E-state index contributed by atoms with van der Waals surface area (Å²) in [6.07, 6.45) is 2.24. The van der Waals surface area contributed by atoms with E-state index in [1.807, 2.05) is 6.92 Å². The monoisotopic (exact) mass is 249 g/mol. The van der Waals surface area contributed by atoms with Crippen LogP contribution in [0, 0.1) is 6.92 Å². The SMILES string of the molecule is CNc1ncnc(NC2CCC(=O)NC2=O)c1C. The number of nitrogens with zero attached hydrogens (tertiary/aromatic N) is 2. The van der Waals surface area contributed by atoms with Crippen LogP contribution >= 0.6 is 0 Å². The molecule has 0 radical (unpaired) electrons. The number of rotatable bonds is 3. The van der Waals surface area contributed by atoms with Crippen molar-refractivity contribution >= 4 is 23.5 Å². The number of piperidine rings is 1.